The van der Waals surface area contributed by atoms with Crippen LogP contribution >= 0.6 is 0 Å². The Morgan fingerprint density at radius 2 is 1.95 bits per heavy atom. The highest BCUT2D eigenvalue weighted by atomic mass is 16.6. The molecule has 0 aliphatic carbocycles. The van der Waals surface area contributed by atoms with Crippen molar-refractivity contribution in [3.8, 4) is 0 Å². The van der Waals surface area contributed by atoms with Crippen molar-refractivity contribution >= 4 is 16.8 Å². The molecule has 0 atom stereocenters. The Hall–Kier alpha value is -2.59. The Morgan fingerprint density at radius 3 is 2.80 bits per heavy atom. The van der Waals surface area contributed by atoms with Crippen LogP contribution in [0.25, 0.3) is 10.9 Å². The molecule has 2 aromatic carbocycles. The average Bonchev–Trinajstić information content (AvgIpc) is 2.95. The Kier molecular flexibility index (Phi) is 3.48. The maximum absolute atomic E-state index is 12.0. The van der Waals surface area contributed by atoms with Crippen LogP contribution in [-0.4, -0.2) is 10.9 Å². The first-order valence-electron chi connectivity index (χ1n) is 6.36. The molecule has 0 saturated heterocycles. The summed E-state index contributed by atoms with van der Waals surface area (Å²) in [6, 6.07) is 17.1. The van der Waals surface area contributed by atoms with Crippen molar-refractivity contribution in [1.82, 2.24) is 10.5 Å². The summed E-state index contributed by atoms with van der Waals surface area (Å²) < 4.78 is 0. The summed E-state index contributed by atoms with van der Waals surface area (Å²) in [5.41, 5.74) is 4.95. The minimum Gasteiger partial charge on any atom is -0.361 e. The fourth-order valence-electron chi connectivity index (χ4n) is 2.01. The minimum absolute atomic E-state index is 0.252. The molecule has 2 N–H and O–H groups in total. The highest BCUT2D eigenvalue weighted by molar-refractivity contribution is 5.97. The number of carbonyl (C=O) groups excluding carboxylic acids is 1. The SMILES string of the molecule is O=C(NOCc1ccccc1)c1ccc2cc[nH]c2c1. The van der Waals surface area contributed by atoms with Crippen molar-refractivity contribution in [2.24, 2.45) is 0 Å². The van der Waals surface area contributed by atoms with Gasteiger partial charge in [-0.15, -0.1) is 0 Å². The second-order valence-corrected chi connectivity index (χ2v) is 4.49. The van der Waals surface area contributed by atoms with Crippen LogP contribution in [0.15, 0.2) is 60.8 Å². The van der Waals surface area contributed by atoms with Crippen molar-refractivity contribution in [3.05, 3.63) is 71.9 Å². The summed E-state index contributed by atoms with van der Waals surface area (Å²) in [4.78, 5) is 20.2. The number of nitrogens with one attached hydrogen (secondary N) is 2. The van der Waals surface area contributed by atoms with E-state index in [-0.39, 0.29) is 5.91 Å². The molecule has 1 aromatic heterocycles. The minimum atomic E-state index is -0.252. The van der Waals surface area contributed by atoms with Gasteiger partial charge < -0.3 is 4.98 Å². The summed E-state index contributed by atoms with van der Waals surface area (Å²) in [6.45, 7) is 0.345. The topological polar surface area (TPSA) is 54.1 Å². The van der Waals surface area contributed by atoms with E-state index in [1.54, 1.807) is 12.1 Å². The van der Waals surface area contributed by atoms with Crippen molar-refractivity contribution in [3.63, 3.8) is 0 Å². The van der Waals surface area contributed by atoms with Gasteiger partial charge >= 0.3 is 0 Å². The molecule has 3 rings (SSSR count). The molecule has 4 nitrogen and oxygen atoms in total. The predicted molar refractivity (Wildman–Crippen MR) is 77.0 cm³/mol. The van der Waals surface area contributed by atoms with E-state index in [9.17, 15) is 4.79 Å². The molecule has 0 radical (unpaired) electrons. The molecule has 20 heavy (non-hydrogen) atoms. The lowest BCUT2D eigenvalue weighted by Crippen LogP contribution is -2.23. The van der Waals surface area contributed by atoms with Gasteiger partial charge in [-0.1, -0.05) is 36.4 Å². The number of amides is 1. The Balaban J connectivity index is 1.61. The summed E-state index contributed by atoms with van der Waals surface area (Å²) in [7, 11) is 0. The lowest BCUT2D eigenvalue weighted by atomic mass is 10.1. The van der Waals surface area contributed by atoms with E-state index in [0.29, 0.717) is 12.2 Å². The second kappa shape index (κ2) is 5.59. The fourth-order valence-corrected chi connectivity index (χ4v) is 2.01. The van der Waals surface area contributed by atoms with Gasteiger partial charge in [-0.25, -0.2) is 5.48 Å². The number of H-pyrrole nitrogens is 1. The van der Waals surface area contributed by atoms with Crippen LogP contribution < -0.4 is 5.48 Å². The molecule has 0 aliphatic heterocycles. The average molecular weight is 266 g/mol. The van der Waals surface area contributed by atoms with Gasteiger partial charge in [0.2, 0.25) is 0 Å². The van der Waals surface area contributed by atoms with E-state index in [2.05, 4.69) is 10.5 Å². The van der Waals surface area contributed by atoms with Gasteiger partial charge in [0.1, 0.15) is 0 Å². The first-order valence-corrected chi connectivity index (χ1v) is 6.36. The van der Waals surface area contributed by atoms with Crippen molar-refractivity contribution < 1.29 is 9.63 Å². The van der Waals surface area contributed by atoms with E-state index >= 15 is 0 Å². The number of rotatable bonds is 4. The molecule has 0 bridgehead atoms. The molecule has 1 heterocycles. The molecule has 0 saturated carbocycles. The van der Waals surface area contributed by atoms with Gasteiger partial charge in [-0.3, -0.25) is 9.63 Å². The van der Waals surface area contributed by atoms with Crippen molar-refractivity contribution in [2.75, 3.05) is 0 Å². The molecule has 1 amide bonds. The number of aromatic amines is 1. The van der Waals surface area contributed by atoms with Crippen molar-refractivity contribution in [2.45, 2.75) is 6.61 Å². The normalized spacial score (nSPS) is 10.6. The molecule has 0 unspecified atom stereocenters. The number of carbonyl (C=O) groups is 1. The highest BCUT2D eigenvalue weighted by Gasteiger charge is 2.06. The van der Waals surface area contributed by atoms with Gasteiger partial charge in [0.25, 0.3) is 5.91 Å². The monoisotopic (exact) mass is 266 g/mol. The lowest BCUT2D eigenvalue weighted by Gasteiger charge is -2.06. The molecule has 0 aliphatic rings. The maximum Gasteiger partial charge on any atom is 0.274 e. The van der Waals surface area contributed by atoms with Crippen LogP contribution in [0.4, 0.5) is 0 Å². The lowest BCUT2D eigenvalue weighted by molar-refractivity contribution is 0.0233. The smallest absolute Gasteiger partial charge is 0.274 e. The molecule has 100 valence electrons. The second-order valence-electron chi connectivity index (χ2n) is 4.49. The summed E-state index contributed by atoms with van der Waals surface area (Å²) >= 11 is 0. The zero-order valence-electron chi connectivity index (χ0n) is 10.8. The summed E-state index contributed by atoms with van der Waals surface area (Å²) in [5, 5.41) is 1.08. The number of hydrogen-bond donors (Lipinski definition) is 2. The number of benzene rings is 2. The molecular weight excluding hydrogens is 252 g/mol. The van der Waals surface area contributed by atoms with Gasteiger partial charge in [-0.2, -0.15) is 0 Å². The Bertz CT molecular complexity index is 719. The zero-order chi connectivity index (χ0) is 13.8. The molecule has 4 heteroatoms. The summed E-state index contributed by atoms with van der Waals surface area (Å²) in [5.74, 6) is -0.252. The molecule has 0 spiro atoms. The molecule has 3 aromatic rings. The van der Waals surface area contributed by atoms with Gasteiger partial charge in [0, 0.05) is 17.3 Å². The van der Waals surface area contributed by atoms with E-state index < -0.39 is 0 Å². The Morgan fingerprint density at radius 1 is 1.10 bits per heavy atom. The van der Waals surface area contributed by atoms with E-state index in [4.69, 9.17) is 4.84 Å². The van der Waals surface area contributed by atoms with Crippen LogP contribution in [0.5, 0.6) is 0 Å². The zero-order valence-corrected chi connectivity index (χ0v) is 10.8. The third-order valence-corrected chi connectivity index (χ3v) is 3.06. The number of fused-ring (bicyclic) bond motifs is 1. The third kappa shape index (κ3) is 2.70. The largest absolute Gasteiger partial charge is 0.361 e. The number of aromatic nitrogens is 1. The predicted octanol–water partition coefficient (Wildman–Crippen LogP) is 3.03. The first kappa shape index (κ1) is 12.4. The van der Waals surface area contributed by atoms with Gasteiger partial charge in [-0.05, 0) is 29.1 Å². The molecular formula is C16H14N2O2. The maximum atomic E-state index is 12.0. The summed E-state index contributed by atoms with van der Waals surface area (Å²) in [6.07, 6.45) is 1.85. The molecule has 0 fully saturated rings. The van der Waals surface area contributed by atoms with Crippen LogP contribution in [0.1, 0.15) is 15.9 Å². The van der Waals surface area contributed by atoms with E-state index in [0.717, 1.165) is 16.5 Å². The Labute approximate surface area is 116 Å². The van der Waals surface area contributed by atoms with Crippen LogP contribution in [0.2, 0.25) is 0 Å². The highest BCUT2D eigenvalue weighted by Crippen LogP contribution is 2.14. The number of hydrogen-bond acceptors (Lipinski definition) is 2. The van der Waals surface area contributed by atoms with E-state index in [1.165, 1.54) is 0 Å². The van der Waals surface area contributed by atoms with Crippen molar-refractivity contribution in [1.29, 1.82) is 0 Å². The van der Waals surface area contributed by atoms with Gasteiger partial charge in [0.05, 0.1) is 6.61 Å². The standard InChI is InChI=1S/C16H14N2O2/c19-16(18-20-11-12-4-2-1-3-5-12)14-7-6-13-8-9-17-15(13)10-14/h1-10,17H,11H2,(H,18,19). The fraction of sp³-hybridized carbons (Fsp3) is 0.0625. The van der Waals surface area contributed by atoms with E-state index in [1.807, 2.05) is 48.7 Å². The third-order valence-electron chi connectivity index (χ3n) is 3.06. The van der Waals surface area contributed by atoms with Crippen LogP contribution in [-0.2, 0) is 11.4 Å². The number of hydroxylamine groups is 1. The van der Waals surface area contributed by atoms with Crippen LogP contribution in [0, 0.1) is 0 Å². The van der Waals surface area contributed by atoms with Crippen LogP contribution in [0.3, 0.4) is 0 Å². The quantitative estimate of drug-likeness (QED) is 0.713. The first-order chi connectivity index (χ1) is 9.83. The van der Waals surface area contributed by atoms with Gasteiger partial charge in [0.15, 0.2) is 0 Å².